The van der Waals surface area contributed by atoms with E-state index in [-0.39, 0.29) is 0 Å². The summed E-state index contributed by atoms with van der Waals surface area (Å²) in [6, 6.07) is 3.37. The van der Waals surface area contributed by atoms with E-state index in [0.29, 0.717) is 15.8 Å². The molecule has 0 bridgehead atoms. The molecule has 0 aliphatic heterocycles. The van der Waals surface area contributed by atoms with Crippen LogP contribution in [-0.4, -0.2) is 14.2 Å². The first kappa shape index (κ1) is 9.49. The molecule has 1 N–H and O–H groups in total. The van der Waals surface area contributed by atoms with Crippen LogP contribution in [0.4, 0.5) is 5.69 Å². The number of rotatable bonds is 2. The van der Waals surface area contributed by atoms with Gasteiger partial charge in [-0.05, 0) is 6.07 Å². The van der Waals surface area contributed by atoms with E-state index in [2.05, 4.69) is 5.32 Å². The van der Waals surface area contributed by atoms with Crippen molar-refractivity contribution < 1.29 is 4.74 Å². The molecule has 0 aromatic heterocycles. The topological polar surface area (TPSA) is 21.3 Å². The van der Waals surface area contributed by atoms with Crippen molar-refractivity contribution in [1.82, 2.24) is 0 Å². The third-order valence-corrected chi connectivity index (χ3v) is 2.01. The molecule has 12 heavy (non-hydrogen) atoms. The van der Waals surface area contributed by atoms with E-state index >= 15 is 0 Å². The highest BCUT2D eigenvalue weighted by Crippen LogP contribution is 2.34. The molecular formula is C8H9Cl2NO. The van der Waals surface area contributed by atoms with E-state index in [1.54, 1.807) is 26.3 Å². The zero-order chi connectivity index (χ0) is 9.14. The van der Waals surface area contributed by atoms with Gasteiger partial charge in [0.25, 0.3) is 0 Å². The SMILES string of the molecule is CNc1c(Cl)cc(Cl)cc1OC. The maximum Gasteiger partial charge on any atom is 0.144 e. The van der Waals surface area contributed by atoms with E-state index < -0.39 is 0 Å². The van der Waals surface area contributed by atoms with E-state index in [1.807, 2.05) is 0 Å². The third-order valence-electron chi connectivity index (χ3n) is 1.49. The first-order valence-electron chi connectivity index (χ1n) is 3.40. The lowest BCUT2D eigenvalue weighted by atomic mass is 10.3. The Labute approximate surface area is 81.4 Å². The average molecular weight is 206 g/mol. The minimum absolute atomic E-state index is 0.557. The van der Waals surface area contributed by atoms with E-state index in [9.17, 15) is 0 Å². The van der Waals surface area contributed by atoms with Crippen molar-refractivity contribution in [3.8, 4) is 5.75 Å². The van der Waals surface area contributed by atoms with Gasteiger partial charge in [0.1, 0.15) is 5.75 Å². The quantitative estimate of drug-likeness (QED) is 0.802. The Bertz CT molecular complexity index is 289. The lowest BCUT2D eigenvalue weighted by molar-refractivity contribution is 0.416. The van der Waals surface area contributed by atoms with Gasteiger partial charge in [-0.3, -0.25) is 0 Å². The summed E-state index contributed by atoms with van der Waals surface area (Å²) in [7, 11) is 3.35. The molecule has 0 spiro atoms. The molecule has 0 unspecified atom stereocenters. The first-order valence-corrected chi connectivity index (χ1v) is 4.15. The summed E-state index contributed by atoms with van der Waals surface area (Å²) in [5.74, 6) is 0.648. The Kier molecular flexibility index (Phi) is 3.06. The summed E-state index contributed by atoms with van der Waals surface area (Å²) in [5.41, 5.74) is 0.753. The number of hydrogen-bond acceptors (Lipinski definition) is 2. The second-order valence-corrected chi connectivity index (χ2v) is 3.06. The van der Waals surface area contributed by atoms with Crippen molar-refractivity contribution >= 4 is 28.9 Å². The van der Waals surface area contributed by atoms with Gasteiger partial charge in [-0.15, -0.1) is 0 Å². The number of benzene rings is 1. The summed E-state index contributed by atoms with van der Waals surface area (Å²) in [6.07, 6.45) is 0. The van der Waals surface area contributed by atoms with Gasteiger partial charge >= 0.3 is 0 Å². The molecule has 0 atom stereocenters. The third kappa shape index (κ3) is 1.76. The summed E-state index contributed by atoms with van der Waals surface area (Å²) < 4.78 is 5.07. The second-order valence-electron chi connectivity index (χ2n) is 2.21. The Morgan fingerprint density at radius 1 is 1.33 bits per heavy atom. The molecule has 0 saturated carbocycles. The van der Waals surface area contributed by atoms with Gasteiger partial charge in [-0.25, -0.2) is 0 Å². The summed E-state index contributed by atoms with van der Waals surface area (Å²) in [6.45, 7) is 0. The highest BCUT2D eigenvalue weighted by Gasteiger charge is 2.06. The Morgan fingerprint density at radius 2 is 2.00 bits per heavy atom. The van der Waals surface area contributed by atoms with Gasteiger partial charge in [-0.1, -0.05) is 23.2 Å². The Hall–Kier alpha value is -0.600. The highest BCUT2D eigenvalue weighted by atomic mass is 35.5. The molecule has 0 fully saturated rings. The van der Waals surface area contributed by atoms with Crippen LogP contribution in [-0.2, 0) is 0 Å². The van der Waals surface area contributed by atoms with Crippen LogP contribution in [0.15, 0.2) is 12.1 Å². The average Bonchev–Trinajstić information content (AvgIpc) is 2.03. The molecule has 1 aromatic rings. The van der Waals surface area contributed by atoms with Crippen molar-refractivity contribution in [2.75, 3.05) is 19.5 Å². The smallest absolute Gasteiger partial charge is 0.144 e. The van der Waals surface area contributed by atoms with Gasteiger partial charge < -0.3 is 10.1 Å². The van der Waals surface area contributed by atoms with Crippen LogP contribution in [0, 0.1) is 0 Å². The minimum atomic E-state index is 0.557. The predicted molar refractivity (Wildman–Crippen MR) is 52.6 cm³/mol. The van der Waals surface area contributed by atoms with Gasteiger partial charge in [0, 0.05) is 18.1 Å². The predicted octanol–water partition coefficient (Wildman–Crippen LogP) is 3.04. The maximum atomic E-state index is 5.89. The van der Waals surface area contributed by atoms with Gasteiger partial charge in [0.2, 0.25) is 0 Å². The van der Waals surface area contributed by atoms with Crippen LogP contribution in [0.25, 0.3) is 0 Å². The van der Waals surface area contributed by atoms with Crippen molar-refractivity contribution in [3.63, 3.8) is 0 Å². The maximum absolute atomic E-state index is 5.89. The van der Waals surface area contributed by atoms with Crippen LogP contribution in [0.5, 0.6) is 5.75 Å². The number of halogens is 2. The van der Waals surface area contributed by atoms with Gasteiger partial charge in [0.05, 0.1) is 17.8 Å². The molecule has 0 aliphatic carbocycles. The van der Waals surface area contributed by atoms with Crippen molar-refractivity contribution in [3.05, 3.63) is 22.2 Å². The van der Waals surface area contributed by atoms with Crippen LogP contribution in [0.3, 0.4) is 0 Å². The Morgan fingerprint density at radius 3 is 2.50 bits per heavy atom. The Balaban J connectivity index is 3.24. The largest absolute Gasteiger partial charge is 0.494 e. The fraction of sp³-hybridized carbons (Fsp3) is 0.250. The number of anilines is 1. The molecule has 0 aliphatic rings. The molecule has 1 rings (SSSR count). The number of hydrogen-bond donors (Lipinski definition) is 1. The van der Waals surface area contributed by atoms with Crippen LogP contribution < -0.4 is 10.1 Å². The molecule has 2 nitrogen and oxygen atoms in total. The number of methoxy groups -OCH3 is 1. The standard InChI is InChI=1S/C8H9Cl2NO/c1-11-8-6(10)3-5(9)4-7(8)12-2/h3-4,11H,1-2H3. The summed E-state index contributed by atoms with van der Waals surface area (Å²) in [4.78, 5) is 0. The van der Waals surface area contributed by atoms with Crippen LogP contribution in [0.1, 0.15) is 0 Å². The monoisotopic (exact) mass is 205 g/mol. The van der Waals surface area contributed by atoms with Crippen LogP contribution >= 0.6 is 23.2 Å². The number of ether oxygens (including phenoxy) is 1. The van der Waals surface area contributed by atoms with Crippen molar-refractivity contribution in [2.45, 2.75) is 0 Å². The molecule has 0 saturated heterocycles. The highest BCUT2D eigenvalue weighted by molar-refractivity contribution is 6.36. The molecule has 4 heteroatoms. The minimum Gasteiger partial charge on any atom is -0.494 e. The normalized spacial score (nSPS) is 9.67. The molecule has 0 amide bonds. The number of nitrogens with one attached hydrogen (secondary N) is 1. The second kappa shape index (κ2) is 3.87. The van der Waals surface area contributed by atoms with Crippen molar-refractivity contribution in [2.24, 2.45) is 0 Å². The van der Waals surface area contributed by atoms with Gasteiger partial charge in [-0.2, -0.15) is 0 Å². The van der Waals surface area contributed by atoms with E-state index in [0.717, 1.165) is 5.69 Å². The zero-order valence-electron chi connectivity index (χ0n) is 6.82. The van der Waals surface area contributed by atoms with Gasteiger partial charge in [0.15, 0.2) is 0 Å². The summed E-state index contributed by atoms with van der Waals surface area (Å²) in [5, 5.41) is 4.05. The van der Waals surface area contributed by atoms with Crippen molar-refractivity contribution in [1.29, 1.82) is 0 Å². The van der Waals surface area contributed by atoms with E-state index in [1.165, 1.54) is 0 Å². The molecule has 66 valence electrons. The first-order chi connectivity index (χ1) is 5.69. The zero-order valence-corrected chi connectivity index (χ0v) is 8.33. The fourth-order valence-corrected chi connectivity index (χ4v) is 1.52. The molecule has 1 aromatic carbocycles. The lowest BCUT2D eigenvalue weighted by Gasteiger charge is -2.09. The molecular weight excluding hydrogens is 197 g/mol. The van der Waals surface area contributed by atoms with Crippen LogP contribution in [0.2, 0.25) is 10.0 Å². The molecule has 0 radical (unpaired) electrons. The molecule has 0 heterocycles. The summed E-state index contributed by atoms with van der Waals surface area (Å²) >= 11 is 11.7. The van der Waals surface area contributed by atoms with E-state index in [4.69, 9.17) is 27.9 Å². The fourth-order valence-electron chi connectivity index (χ4n) is 0.954. The lowest BCUT2D eigenvalue weighted by Crippen LogP contribution is -1.94.